The second-order valence-electron chi connectivity index (χ2n) is 4.72. The van der Waals surface area contributed by atoms with E-state index >= 15 is 0 Å². The minimum atomic E-state index is -1.36. The molecule has 3 nitrogen and oxygen atoms in total. The Morgan fingerprint density at radius 2 is 1.64 bits per heavy atom. The first-order valence-corrected chi connectivity index (χ1v) is 8.06. The van der Waals surface area contributed by atoms with Gasteiger partial charge in [0, 0.05) is 17.6 Å². The summed E-state index contributed by atoms with van der Waals surface area (Å²) >= 11 is 1.29. The van der Waals surface area contributed by atoms with Gasteiger partial charge < -0.3 is 9.47 Å². The average molecular weight is 316 g/mol. The Morgan fingerprint density at radius 3 is 2.18 bits per heavy atom. The van der Waals surface area contributed by atoms with Crippen molar-refractivity contribution in [2.45, 2.75) is 23.4 Å². The van der Waals surface area contributed by atoms with Gasteiger partial charge in [-0.2, -0.15) is 0 Å². The standard InChI is InChI=1S/C18H20O3S/c1-3-14-21-18(20-2,22-16-12-8-5-9-13-16)17(19)15-10-6-4-7-11-15/h4-13H,3,14H2,1-2H3. The lowest BCUT2D eigenvalue weighted by molar-refractivity contribution is -0.122. The van der Waals surface area contributed by atoms with Gasteiger partial charge in [-0.1, -0.05) is 67.2 Å². The molecule has 0 aromatic heterocycles. The number of Topliss-reactive ketones (excluding diaryl/α,β-unsaturated/α-hetero) is 1. The molecule has 0 radical (unpaired) electrons. The predicted octanol–water partition coefficient (Wildman–Crippen LogP) is 4.39. The molecule has 0 N–H and O–H groups in total. The van der Waals surface area contributed by atoms with Crippen LogP contribution in [0.25, 0.3) is 0 Å². The fraction of sp³-hybridized carbons (Fsp3) is 0.278. The summed E-state index contributed by atoms with van der Waals surface area (Å²) < 4.78 is 11.4. The van der Waals surface area contributed by atoms with E-state index in [1.807, 2.05) is 55.5 Å². The van der Waals surface area contributed by atoms with Crippen LogP contribution < -0.4 is 0 Å². The van der Waals surface area contributed by atoms with E-state index in [0.29, 0.717) is 12.2 Å². The number of benzene rings is 2. The fourth-order valence-electron chi connectivity index (χ4n) is 1.98. The van der Waals surface area contributed by atoms with E-state index in [9.17, 15) is 4.79 Å². The van der Waals surface area contributed by atoms with Crippen LogP contribution in [0.15, 0.2) is 65.6 Å². The van der Waals surface area contributed by atoms with Gasteiger partial charge in [0.15, 0.2) is 0 Å². The molecule has 0 heterocycles. The van der Waals surface area contributed by atoms with Gasteiger partial charge in [-0.15, -0.1) is 0 Å². The van der Waals surface area contributed by atoms with E-state index in [0.717, 1.165) is 11.3 Å². The molecule has 2 rings (SSSR count). The molecule has 1 unspecified atom stereocenters. The van der Waals surface area contributed by atoms with Gasteiger partial charge in [0.1, 0.15) is 0 Å². The topological polar surface area (TPSA) is 35.5 Å². The van der Waals surface area contributed by atoms with E-state index in [-0.39, 0.29) is 5.78 Å². The highest BCUT2D eigenvalue weighted by atomic mass is 32.2. The van der Waals surface area contributed by atoms with Crippen LogP contribution in [0.5, 0.6) is 0 Å². The summed E-state index contributed by atoms with van der Waals surface area (Å²) in [6, 6.07) is 18.8. The molecule has 0 bridgehead atoms. The van der Waals surface area contributed by atoms with Gasteiger partial charge in [0.25, 0.3) is 5.12 Å². The summed E-state index contributed by atoms with van der Waals surface area (Å²) in [5, 5.41) is -1.36. The van der Waals surface area contributed by atoms with E-state index in [2.05, 4.69) is 0 Å². The molecular weight excluding hydrogens is 296 g/mol. The zero-order valence-electron chi connectivity index (χ0n) is 12.8. The highest BCUT2D eigenvalue weighted by Crippen LogP contribution is 2.37. The molecule has 4 heteroatoms. The Kier molecular flexibility index (Phi) is 6.19. The molecular formula is C18H20O3S. The smallest absolute Gasteiger partial charge is 0.289 e. The van der Waals surface area contributed by atoms with Crippen molar-refractivity contribution in [2.75, 3.05) is 13.7 Å². The van der Waals surface area contributed by atoms with Gasteiger partial charge >= 0.3 is 0 Å². The Labute approximate surface area is 135 Å². The summed E-state index contributed by atoms with van der Waals surface area (Å²) in [5.41, 5.74) is 0.573. The summed E-state index contributed by atoms with van der Waals surface area (Å²) in [6.45, 7) is 2.45. The molecule has 116 valence electrons. The Hall–Kier alpha value is -1.62. The molecule has 0 aliphatic carbocycles. The van der Waals surface area contributed by atoms with Gasteiger partial charge in [-0.25, -0.2) is 0 Å². The third-order valence-electron chi connectivity index (χ3n) is 3.07. The summed E-state index contributed by atoms with van der Waals surface area (Å²) in [7, 11) is 1.51. The maximum Gasteiger partial charge on any atom is 0.289 e. The molecule has 1 atom stereocenters. The number of hydrogen-bond donors (Lipinski definition) is 0. The fourth-order valence-corrected chi connectivity index (χ4v) is 3.02. The number of methoxy groups -OCH3 is 1. The molecule has 0 saturated carbocycles. The summed E-state index contributed by atoms with van der Waals surface area (Å²) in [4.78, 5) is 13.9. The van der Waals surface area contributed by atoms with Crippen LogP contribution in [-0.4, -0.2) is 24.6 Å². The van der Waals surface area contributed by atoms with Crippen molar-refractivity contribution in [3.8, 4) is 0 Å². The normalized spacial score (nSPS) is 13.5. The largest absolute Gasteiger partial charge is 0.338 e. The van der Waals surface area contributed by atoms with Gasteiger partial charge in [-0.3, -0.25) is 4.79 Å². The first kappa shape index (κ1) is 16.7. The Morgan fingerprint density at radius 1 is 1.05 bits per heavy atom. The molecule has 0 spiro atoms. The second-order valence-corrected chi connectivity index (χ2v) is 5.93. The van der Waals surface area contributed by atoms with Gasteiger partial charge in [-0.05, 0) is 18.6 Å². The number of carbonyl (C=O) groups excluding carboxylic acids is 1. The van der Waals surface area contributed by atoms with Crippen molar-refractivity contribution in [3.05, 3.63) is 66.2 Å². The van der Waals surface area contributed by atoms with Gasteiger partial charge in [0.05, 0.1) is 6.61 Å². The lowest BCUT2D eigenvalue weighted by atomic mass is 10.1. The first-order chi connectivity index (χ1) is 10.7. The lowest BCUT2D eigenvalue weighted by Gasteiger charge is -2.30. The number of thioether (sulfide) groups is 1. The molecule has 0 aliphatic heterocycles. The zero-order valence-corrected chi connectivity index (χ0v) is 13.6. The van der Waals surface area contributed by atoms with Crippen molar-refractivity contribution < 1.29 is 14.3 Å². The van der Waals surface area contributed by atoms with Crippen LogP contribution in [0.3, 0.4) is 0 Å². The number of carbonyl (C=O) groups is 1. The van der Waals surface area contributed by atoms with Crippen molar-refractivity contribution >= 4 is 17.5 Å². The third-order valence-corrected chi connectivity index (χ3v) is 4.32. The predicted molar refractivity (Wildman–Crippen MR) is 89.1 cm³/mol. The minimum Gasteiger partial charge on any atom is -0.338 e. The van der Waals surface area contributed by atoms with Crippen molar-refractivity contribution in [1.82, 2.24) is 0 Å². The van der Waals surface area contributed by atoms with E-state index in [1.54, 1.807) is 12.1 Å². The zero-order chi connectivity index (χ0) is 15.8. The van der Waals surface area contributed by atoms with Gasteiger partial charge in [0.2, 0.25) is 5.78 Å². The molecule has 0 fully saturated rings. The van der Waals surface area contributed by atoms with E-state index in [4.69, 9.17) is 9.47 Å². The number of ether oxygens (including phenoxy) is 2. The van der Waals surface area contributed by atoms with Crippen molar-refractivity contribution in [3.63, 3.8) is 0 Å². The second kappa shape index (κ2) is 8.13. The van der Waals surface area contributed by atoms with Crippen molar-refractivity contribution in [2.24, 2.45) is 0 Å². The average Bonchev–Trinajstić information content (AvgIpc) is 2.59. The summed E-state index contributed by atoms with van der Waals surface area (Å²) in [5.74, 6) is -0.182. The number of hydrogen-bond acceptors (Lipinski definition) is 4. The molecule has 2 aromatic rings. The maximum absolute atomic E-state index is 12.9. The minimum absolute atomic E-state index is 0.182. The molecule has 0 saturated heterocycles. The molecule has 0 aliphatic rings. The number of rotatable bonds is 8. The van der Waals surface area contributed by atoms with Crippen LogP contribution in [0, 0.1) is 0 Å². The van der Waals surface area contributed by atoms with Crippen LogP contribution >= 0.6 is 11.8 Å². The molecule has 22 heavy (non-hydrogen) atoms. The van der Waals surface area contributed by atoms with Crippen LogP contribution in [0.2, 0.25) is 0 Å². The SMILES string of the molecule is CCCOC(OC)(Sc1ccccc1)C(=O)c1ccccc1. The quantitative estimate of drug-likeness (QED) is 0.411. The summed E-state index contributed by atoms with van der Waals surface area (Å²) in [6.07, 6.45) is 0.808. The highest BCUT2D eigenvalue weighted by Gasteiger charge is 2.41. The lowest BCUT2D eigenvalue weighted by Crippen LogP contribution is -2.40. The van der Waals surface area contributed by atoms with Crippen LogP contribution in [0.4, 0.5) is 0 Å². The highest BCUT2D eigenvalue weighted by molar-refractivity contribution is 8.01. The van der Waals surface area contributed by atoms with Crippen LogP contribution in [0.1, 0.15) is 23.7 Å². The first-order valence-electron chi connectivity index (χ1n) is 7.25. The van der Waals surface area contributed by atoms with E-state index in [1.165, 1.54) is 18.9 Å². The Bertz CT molecular complexity index is 586. The van der Waals surface area contributed by atoms with Crippen LogP contribution in [-0.2, 0) is 9.47 Å². The van der Waals surface area contributed by atoms with E-state index < -0.39 is 5.12 Å². The molecule has 2 aromatic carbocycles. The number of ketones is 1. The Balaban J connectivity index is 2.33. The monoisotopic (exact) mass is 316 g/mol. The molecule has 0 amide bonds. The van der Waals surface area contributed by atoms with Crippen molar-refractivity contribution in [1.29, 1.82) is 0 Å². The third kappa shape index (κ3) is 3.97. The maximum atomic E-state index is 12.9.